The summed E-state index contributed by atoms with van der Waals surface area (Å²) in [5, 5.41) is 16.8. The summed E-state index contributed by atoms with van der Waals surface area (Å²) < 4.78 is 0. The highest BCUT2D eigenvalue weighted by Gasteiger charge is 2.27. The van der Waals surface area contributed by atoms with E-state index >= 15 is 0 Å². The van der Waals surface area contributed by atoms with Gasteiger partial charge in [-0.15, -0.1) is 0 Å². The Bertz CT molecular complexity index is 632. The van der Waals surface area contributed by atoms with Gasteiger partial charge >= 0.3 is 0 Å². The summed E-state index contributed by atoms with van der Waals surface area (Å²) in [6.07, 6.45) is 2.34. The molecule has 1 saturated carbocycles. The minimum absolute atomic E-state index is 0.142. The fraction of sp³-hybridized carbons (Fsp3) is 0.333. The predicted octanol–water partition coefficient (Wildman–Crippen LogP) is 2.26. The van der Waals surface area contributed by atoms with E-state index in [0.717, 1.165) is 11.3 Å². The molecule has 5 heteroatoms. The molecular formula is C15H17N3O2. The third-order valence-corrected chi connectivity index (χ3v) is 3.58. The van der Waals surface area contributed by atoms with Gasteiger partial charge in [0, 0.05) is 30.8 Å². The van der Waals surface area contributed by atoms with Gasteiger partial charge in [0.05, 0.1) is 0 Å². The monoisotopic (exact) mass is 271 g/mol. The molecule has 0 bridgehead atoms. The van der Waals surface area contributed by atoms with Crippen molar-refractivity contribution in [1.82, 2.24) is 15.1 Å². The van der Waals surface area contributed by atoms with E-state index in [0.29, 0.717) is 18.2 Å². The molecule has 2 aromatic rings. The van der Waals surface area contributed by atoms with Crippen LogP contribution in [0.25, 0.3) is 0 Å². The van der Waals surface area contributed by atoms with E-state index in [4.69, 9.17) is 0 Å². The summed E-state index contributed by atoms with van der Waals surface area (Å²) in [4.78, 5) is 13.8. The van der Waals surface area contributed by atoms with E-state index in [-0.39, 0.29) is 11.7 Å². The standard InChI is InChI=1S/C15H17N3O2/c1-18(9-11-4-2-3-5-14(11)19)15(20)13-8-12(16-17-13)10-6-7-10/h2-5,8,10,19H,6-7,9H2,1H3,(H,16,17). The summed E-state index contributed by atoms with van der Waals surface area (Å²) >= 11 is 0. The van der Waals surface area contributed by atoms with E-state index in [2.05, 4.69) is 10.2 Å². The lowest BCUT2D eigenvalue weighted by molar-refractivity contribution is 0.0778. The Balaban J connectivity index is 1.71. The van der Waals surface area contributed by atoms with E-state index in [1.165, 1.54) is 12.8 Å². The number of carbonyl (C=O) groups is 1. The summed E-state index contributed by atoms with van der Waals surface area (Å²) in [5.41, 5.74) is 2.20. The van der Waals surface area contributed by atoms with Crippen LogP contribution in [-0.2, 0) is 6.54 Å². The number of rotatable bonds is 4. The smallest absolute Gasteiger partial charge is 0.274 e. The third-order valence-electron chi connectivity index (χ3n) is 3.58. The number of carbonyl (C=O) groups excluding carboxylic acids is 1. The fourth-order valence-electron chi connectivity index (χ4n) is 2.22. The number of nitrogens with one attached hydrogen (secondary N) is 1. The lowest BCUT2D eigenvalue weighted by Gasteiger charge is -2.16. The average molecular weight is 271 g/mol. The van der Waals surface area contributed by atoms with Gasteiger partial charge in [-0.1, -0.05) is 18.2 Å². The number of benzene rings is 1. The van der Waals surface area contributed by atoms with E-state index in [1.807, 2.05) is 12.1 Å². The van der Waals surface area contributed by atoms with Gasteiger partial charge in [0.1, 0.15) is 11.4 Å². The van der Waals surface area contributed by atoms with Crippen LogP contribution < -0.4 is 0 Å². The van der Waals surface area contributed by atoms with Gasteiger partial charge in [-0.05, 0) is 25.0 Å². The molecule has 0 unspecified atom stereocenters. The summed E-state index contributed by atoms with van der Waals surface area (Å²) in [6, 6.07) is 8.86. The molecule has 0 atom stereocenters. The second-order valence-corrected chi connectivity index (χ2v) is 5.27. The average Bonchev–Trinajstić information content (AvgIpc) is 3.18. The van der Waals surface area contributed by atoms with Gasteiger partial charge in [-0.3, -0.25) is 9.89 Å². The SMILES string of the molecule is CN(Cc1ccccc1O)C(=O)c1cc(C2CC2)[nH]n1. The lowest BCUT2D eigenvalue weighted by Crippen LogP contribution is -2.26. The highest BCUT2D eigenvalue weighted by atomic mass is 16.3. The molecule has 1 fully saturated rings. The number of hydrogen-bond donors (Lipinski definition) is 2. The Hall–Kier alpha value is -2.30. The van der Waals surface area contributed by atoms with Gasteiger partial charge in [0.2, 0.25) is 0 Å². The zero-order chi connectivity index (χ0) is 14.1. The first-order valence-electron chi connectivity index (χ1n) is 6.73. The quantitative estimate of drug-likeness (QED) is 0.896. The molecule has 5 nitrogen and oxygen atoms in total. The van der Waals surface area contributed by atoms with E-state index in [9.17, 15) is 9.90 Å². The Morgan fingerprint density at radius 3 is 2.90 bits per heavy atom. The van der Waals surface area contributed by atoms with Gasteiger partial charge < -0.3 is 10.0 Å². The number of phenols is 1. The minimum atomic E-state index is -0.142. The Morgan fingerprint density at radius 2 is 2.20 bits per heavy atom. The largest absolute Gasteiger partial charge is 0.508 e. The van der Waals surface area contributed by atoms with Crippen LogP contribution in [-0.4, -0.2) is 33.2 Å². The molecule has 104 valence electrons. The lowest BCUT2D eigenvalue weighted by atomic mass is 10.2. The van der Waals surface area contributed by atoms with Crippen molar-refractivity contribution >= 4 is 5.91 Å². The number of amides is 1. The van der Waals surface area contributed by atoms with Crippen molar-refractivity contribution in [2.45, 2.75) is 25.3 Å². The number of hydrogen-bond acceptors (Lipinski definition) is 3. The first-order chi connectivity index (χ1) is 9.65. The molecule has 2 N–H and O–H groups in total. The number of para-hydroxylation sites is 1. The molecule has 1 heterocycles. The summed E-state index contributed by atoms with van der Waals surface area (Å²) in [7, 11) is 1.71. The molecule has 1 aliphatic rings. The van der Waals surface area contributed by atoms with Crippen LogP contribution in [0.2, 0.25) is 0 Å². The van der Waals surface area contributed by atoms with E-state index in [1.54, 1.807) is 30.1 Å². The summed E-state index contributed by atoms with van der Waals surface area (Å²) in [6.45, 7) is 0.358. The fourth-order valence-corrected chi connectivity index (χ4v) is 2.22. The van der Waals surface area contributed by atoms with Crippen LogP contribution >= 0.6 is 0 Å². The van der Waals surface area contributed by atoms with Gasteiger partial charge in [0.15, 0.2) is 0 Å². The number of nitrogens with zero attached hydrogens (tertiary/aromatic N) is 2. The maximum Gasteiger partial charge on any atom is 0.274 e. The highest BCUT2D eigenvalue weighted by Crippen LogP contribution is 2.39. The van der Waals surface area contributed by atoms with Crippen molar-refractivity contribution in [3.63, 3.8) is 0 Å². The zero-order valence-electron chi connectivity index (χ0n) is 11.3. The summed E-state index contributed by atoms with van der Waals surface area (Å²) in [5.74, 6) is 0.608. The maximum atomic E-state index is 12.3. The van der Waals surface area contributed by atoms with Crippen molar-refractivity contribution in [3.8, 4) is 5.75 Å². The van der Waals surface area contributed by atoms with Crippen LogP contribution in [0, 0.1) is 0 Å². The second-order valence-electron chi connectivity index (χ2n) is 5.27. The molecular weight excluding hydrogens is 254 g/mol. The number of aromatic hydroxyl groups is 1. The molecule has 0 aliphatic heterocycles. The molecule has 1 aromatic carbocycles. The molecule has 20 heavy (non-hydrogen) atoms. The predicted molar refractivity (Wildman–Crippen MR) is 74.5 cm³/mol. The number of H-pyrrole nitrogens is 1. The second kappa shape index (κ2) is 5.00. The Labute approximate surface area is 117 Å². The van der Waals surface area contributed by atoms with Crippen LogP contribution in [0.15, 0.2) is 30.3 Å². The minimum Gasteiger partial charge on any atom is -0.508 e. The van der Waals surface area contributed by atoms with Crippen molar-refractivity contribution in [1.29, 1.82) is 0 Å². The van der Waals surface area contributed by atoms with Gasteiger partial charge in [0.25, 0.3) is 5.91 Å². The first kappa shape index (κ1) is 12.7. The zero-order valence-corrected chi connectivity index (χ0v) is 11.3. The van der Waals surface area contributed by atoms with Crippen molar-refractivity contribution < 1.29 is 9.90 Å². The molecule has 1 aromatic heterocycles. The molecule has 0 spiro atoms. The topological polar surface area (TPSA) is 69.2 Å². The molecule has 1 amide bonds. The van der Waals surface area contributed by atoms with Crippen molar-refractivity contribution in [2.24, 2.45) is 0 Å². The molecule has 1 aliphatic carbocycles. The number of phenolic OH excluding ortho intramolecular Hbond substituents is 1. The highest BCUT2D eigenvalue weighted by molar-refractivity contribution is 5.92. The first-order valence-corrected chi connectivity index (χ1v) is 6.73. The number of aromatic amines is 1. The molecule has 0 radical (unpaired) electrons. The van der Waals surface area contributed by atoms with Gasteiger partial charge in [-0.25, -0.2) is 0 Å². The Morgan fingerprint density at radius 1 is 1.45 bits per heavy atom. The van der Waals surface area contributed by atoms with Crippen LogP contribution in [0.1, 0.15) is 40.5 Å². The van der Waals surface area contributed by atoms with E-state index < -0.39 is 0 Å². The van der Waals surface area contributed by atoms with Crippen LogP contribution in [0.5, 0.6) is 5.75 Å². The number of aromatic nitrogens is 2. The molecule has 3 rings (SSSR count). The molecule has 0 saturated heterocycles. The third kappa shape index (κ3) is 2.52. The normalized spacial score (nSPS) is 14.2. The van der Waals surface area contributed by atoms with Gasteiger partial charge in [-0.2, -0.15) is 5.10 Å². The van der Waals surface area contributed by atoms with Crippen LogP contribution in [0.4, 0.5) is 0 Å². The Kier molecular flexibility index (Phi) is 3.18. The maximum absolute atomic E-state index is 12.3. The van der Waals surface area contributed by atoms with Crippen LogP contribution in [0.3, 0.4) is 0 Å². The van der Waals surface area contributed by atoms with Crippen molar-refractivity contribution in [2.75, 3.05) is 7.05 Å². The van der Waals surface area contributed by atoms with Crippen molar-refractivity contribution in [3.05, 3.63) is 47.3 Å².